The summed E-state index contributed by atoms with van der Waals surface area (Å²) in [6, 6.07) is 7.98. The molecule has 32 heavy (non-hydrogen) atoms. The molecule has 0 aliphatic carbocycles. The molecule has 3 heterocycles. The predicted octanol–water partition coefficient (Wildman–Crippen LogP) is 3.68. The summed E-state index contributed by atoms with van der Waals surface area (Å²) >= 11 is 0. The summed E-state index contributed by atoms with van der Waals surface area (Å²) in [4.78, 5) is 42.5. The van der Waals surface area contributed by atoms with Gasteiger partial charge in [0, 0.05) is 11.6 Å². The normalized spacial score (nSPS) is 27.7. The number of imide groups is 1. The van der Waals surface area contributed by atoms with Crippen LogP contribution in [0.15, 0.2) is 48.5 Å². The molecular weight excluding hydrogens is 428 g/mol. The van der Waals surface area contributed by atoms with Gasteiger partial charge < -0.3 is 0 Å². The van der Waals surface area contributed by atoms with Crippen LogP contribution in [-0.4, -0.2) is 41.1 Å². The lowest BCUT2D eigenvalue weighted by Crippen LogP contribution is -2.46. The zero-order valence-electron chi connectivity index (χ0n) is 16.7. The highest BCUT2D eigenvalue weighted by molar-refractivity contribution is 6.25. The molecule has 0 spiro atoms. The zero-order valence-corrected chi connectivity index (χ0v) is 16.7. The highest BCUT2D eigenvalue weighted by Crippen LogP contribution is 2.50. The highest BCUT2D eigenvalue weighted by atomic mass is 19.4. The number of amides is 2. The number of hydrogen-bond acceptors (Lipinski definition) is 4. The zero-order chi connectivity index (χ0) is 22.8. The van der Waals surface area contributed by atoms with E-state index in [1.54, 1.807) is 0 Å². The minimum absolute atomic E-state index is 0.192. The monoisotopic (exact) mass is 446 g/mol. The Balaban J connectivity index is 1.57. The summed E-state index contributed by atoms with van der Waals surface area (Å²) < 4.78 is 54.1. The summed E-state index contributed by atoms with van der Waals surface area (Å²) in [5, 5.41) is 0. The SMILES string of the molecule is O=C(c1ccc(F)cc1)C1C2C(=O)N(c3ccccc3C(F)(F)F)C(=O)C2C2CCCN21. The van der Waals surface area contributed by atoms with Crippen LogP contribution in [0.1, 0.15) is 28.8 Å². The first-order chi connectivity index (χ1) is 15.2. The number of carbonyl (C=O) groups is 3. The lowest BCUT2D eigenvalue weighted by molar-refractivity contribution is -0.137. The van der Waals surface area contributed by atoms with E-state index < -0.39 is 64.8 Å². The Morgan fingerprint density at radius 1 is 0.938 bits per heavy atom. The Morgan fingerprint density at radius 3 is 2.28 bits per heavy atom. The van der Waals surface area contributed by atoms with Gasteiger partial charge in [-0.1, -0.05) is 12.1 Å². The molecule has 0 aromatic heterocycles. The molecule has 3 aliphatic rings. The molecule has 0 radical (unpaired) electrons. The molecule has 0 N–H and O–H groups in total. The molecule has 9 heteroatoms. The minimum Gasteiger partial charge on any atom is -0.292 e. The minimum atomic E-state index is -4.75. The molecular formula is C23H18F4N2O3. The first-order valence-corrected chi connectivity index (χ1v) is 10.3. The summed E-state index contributed by atoms with van der Waals surface area (Å²) in [5.41, 5.74) is -1.40. The van der Waals surface area contributed by atoms with E-state index in [4.69, 9.17) is 0 Å². The van der Waals surface area contributed by atoms with E-state index in [0.29, 0.717) is 24.3 Å². The van der Waals surface area contributed by atoms with E-state index in [0.717, 1.165) is 24.3 Å². The van der Waals surface area contributed by atoms with Crippen molar-refractivity contribution in [2.24, 2.45) is 11.8 Å². The number of rotatable bonds is 3. The van der Waals surface area contributed by atoms with Gasteiger partial charge in [-0.25, -0.2) is 9.29 Å². The summed E-state index contributed by atoms with van der Waals surface area (Å²) in [5.74, 6) is -4.43. The lowest BCUT2D eigenvalue weighted by Gasteiger charge is -2.28. The molecule has 0 saturated carbocycles. The highest BCUT2D eigenvalue weighted by Gasteiger charge is 2.65. The molecule has 2 amide bonds. The molecule has 3 fully saturated rings. The van der Waals surface area contributed by atoms with Crippen molar-refractivity contribution in [1.29, 1.82) is 0 Å². The van der Waals surface area contributed by atoms with Crippen molar-refractivity contribution in [2.75, 3.05) is 11.4 Å². The number of para-hydroxylation sites is 1. The van der Waals surface area contributed by atoms with Gasteiger partial charge in [0.1, 0.15) is 5.82 Å². The third-order valence-electron chi connectivity index (χ3n) is 6.70. The van der Waals surface area contributed by atoms with E-state index in [-0.39, 0.29) is 5.56 Å². The Hall–Kier alpha value is -3.07. The fourth-order valence-electron chi connectivity index (χ4n) is 5.45. The third kappa shape index (κ3) is 2.98. The van der Waals surface area contributed by atoms with Gasteiger partial charge >= 0.3 is 6.18 Å². The molecule has 2 aromatic carbocycles. The summed E-state index contributed by atoms with van der Waals surface area (Å²) in [6.45, 7) is 0.509. The van der Waals surface area contributed by atoms with Crippen LogP contribution in [0.5, 0.6) is 0 Å². The largest absolute Gasteiger partial charge is 0.418 e. The van der Waals surface area contributed by atoms with Gasteiger partial charge in [0.15, 0.2) is 5.78 Å². The second-order valence-corrected chi connectivity index (χ2v) is 8.34. The summed E-state index contributed by atoms with van der Waals surface area (Å²) in [7, 11) is 0. The maximum absolute atomic E-state index is 13.6. The number of fused-ring (bicyclic) bond motifs is 3. The molecule has 4 unspecified atom stereocenters. The van der Waals surface area contributed by atoms with Gasteiger partial charge in [-0.05, 0) is 55.8 Å². The van der Waals surface area contributed by atoms with Crippen molar-refractivity contribution in [3.63, 3.8) is 0 Å². The topological polar surface area (TPSA) is 57.7 Å². The van der Waals surface area contributed by atoms with Crippen LogP contribution in [0, 0.1) is 17.7 Å². The molecule has 5 nitrogen and oxygen atoms in total. The number of benzene rings is 2. The van der Waals surface area contributed by atoms with E-state index in [1.165, 1.54) is 24.3 Å². The maximum atomic E-state index is 13.6. The Labute approximate surface area is 180 Å². The van der Waals surface area contributed by atoms with Crippen molar-refractivity contribution < 1.29 is 31.9 Å². The van der Waals surface area contributed by atoms with Crippen LogP contribution >= 0.6 is 0 Å². The second-order valence-electron chi connectivity index (χ2n) is 8.34. The number of alkyl halides is 3. The Morgan fingerprint density at radius 2 is 1.59 bits per heavy atom. The van der Waals surface area contributed by atoms with Crippen molar-refractivity contribution >= 4 is 23.3 Å². The van der Waals surface area contributed by atoms with Crippen LogP contribution < -0.4 is 4.90 Å². The lowest BCUT2D eigenvalue weighted by atomic mass is 9.85. The van der Waals surface area contributed by atoms with E-state index in [1.807, 2.05) is 4.90 Å². The van der Waals surface area contributed by atoms with Crippen molar-refractivity contribution in [3.05, 3.63) is 65.5 Å². The van der Waals surface area contributed by atoms with E-state index in [2.05, 4.69) is 0 Å². The second kappa shape index (κ2) is 7.23. The van der Waals surface area contributed by atoms with E-state index in [9.17, 15) is 31.9 Å². The number of ketones is 1. The number of halogens is 4. The molecule has 0 bridgehead atoms. The van der Waals surface area contributed by atoms with Crippen LogP contribution in [0.25, 0.3) is 0 Å². The Bertz CT molecular complexity index is 1110. The number of Topliss-reactive ketones (excluding diaryl/α,β-unsaturated/α-hetero) is 1. The van der Waals surface area contributed by atoms with Crippen LogP contribution in [0.2, 0.25) is 0 Å². The Kier molecular flexibility index (Phi) is 4.70. The average Bonchev–Trinajstić information content (AvgIpc) is 3.39. The number of hydrogen-bond donors (Lipinski definition) is 0. The maximum Gasteiger partial charge on any atom is 0.418 e. The molecule has 3 aliphatic heterocycles. The van der Waals surface area contributed by atoms with Crippen molar-refractivity contribution in [1.82, 2.24) is 4.90 Å². The first-order valence-electron chi connectivity index (χ1n) is 10.3. The smallest absolute Gasteiger partial charge is 0.292 e. The third-order valence-corrected chi connectivity index (χ3v) is 6.70. The average molecular weight is 446 g/mol. The molecule has 5 rings (SSSR count). The standard InChI is InChI=1S/C23H18F4N2O3/c24-13-9-7-12(8-10-13)20(30)19-18-17(16-6-3-11-28(16)19)21(31)29(22(18)32)15-5-2-1-4-14(15)23(25,26)27/h1-2,4-5,7-10,16-19H,3,6,11H2. The van der Waals surface area contributed by atoms with Crippen molar-refractivity contribution in [2.45, 2.75) is 31.1 Å². The quantitative estimate of drug-likeness (QED) is 0.410. The van der Waals surface area contributed by atoms with Gasteiger partial charge in [0.05, 0.1) is 29.1 Å². The number of anilines is 1. The van der Waals surface area contributed by atoms with Gasteiger partial charge in [-0.15, -0.1) is 0 Å². The first kappa shape index (κ1) is 20.8. The van der Waals surface area contributed by atoms with Crippen LogP contribution in [-0.2, 0) is 15.8 Å². The van der Waals surface area contributed by atoms with Gasteiger partial charge in [0.25, 0.3) is 0 Å². The molecule has 4 atom stereocenters. The fraction of sp³-hybridized carbons (Fsp3) is 0.348. The molecule has 3 saturated heterocycles. The fourth-order valence-corrected chi connectivity index (χ4v) is 5.45. The van der Waals surface area contributed by atoms with E-state index >= 15 is 0 Å². The molecule has 2 aromatic rings. The van der Waals surface area contributed by atoms with Crippen LogP contribution in [0.4, 0.5) is 23.2 Å². The van der Waals surface area contributed by atoms with Gasteiger partial charge in [-0.3, -0.25) is 19.3 Å². The van der Waals surface area contributed by atoms with Gasteiger partial charge in [0.2, 0.25) is 11.8 Å². The molecule has 166 valence electrons. The van der Waals surface area contributed by atoms with Gasteiger partial charge in [-0.2, -0.15) is 13.2 Å². The van der Waals surface area contributed by atoms with Crippen molar-refractivity contribution in [3.8, 4) is 0 Å². The predicted molar refractivity (Wildman–Crippen MR) is 105 cm³/mol. The number of nitrogens with zero attached hydrogens (tertiary/aromatic N) is 2. The van der Waals surface area contributed by atoms with Crippen LogP contribution in [0.3, 0.4) is 0 Å². The number of carbonyl (C=O) groups excluding carboxylic acids is 3. The summed E-state index contributed by atoms with van der Waals surface area (Å²) in [6.07, 6.45) is -3.47.